The molecule has 1 aromatic rings. The van der Waals surface area contributed by atoms with Crippen molar-refractivity contribution in [3.05, 3.63) is 29.8 Å². The Morgan fingerprint density at radius 2 is 1.95 bits per heavy atom. The Bertz CT molecular complexity index is 337. The van der Waals surface area contributed by atoms with Crippen LogP contribution in [0.3, 0.4) is 0 Å². The highest BCUT2D eigenvalue weighted by atomic mass is 16.5. The summed E-state index contributed by atoms with van der Waals surface area (Å²) >= 11 is 0. The van der Waals surface area contributed by atoms with Crippen LogP contribution in [-0.2, 0) is 4.74 Å². The number of hydrogen-bond acceptors (Lipinski definition) is 3. The molecule has 0 saturated heterocycles. The lowest BCUT2D eigenvalue weighted by atomic mass is 9.98. The fourth-order valence-electron chi connectivity index (χ4n) is 2.14. The summed E-state index contributed by atoms with van der Waals surface area (Å²) in [6, 6.07) is 9.08. The van der Waals surface area contributed by atoms with Crippen LogP contribution in [0.4, 0.5) is 5.69 Å². The average Bonchev–Trinajstić information content (AvgIpc) is 2.45. The summed E-state index contributed by atoms with van der Waals surface area (Å²) in [4.78, 5) is 0. The van der Waals surface area contributed by atoms with Gasteiger partial charge in [-0.15, -0.1) is 0 Å². The van der Waals surface area contributed by atoms with Crippen molar-refractivity contribution in [2.75, 3.05) is 25.6 Å². The maximum atomic E-state index is 5.57. The van der Waals surface area contributed by atoms with Gasteiger partial charge < -0.3 is 15.8 Å². The Labute approximate surface area is 117 Å². The SMILES string of the molecule is CCC(C)c1ccc(NC(CCCN)COC)cc1. The molecule has 3 heteroatoms. The summed E-state index contributed by atoms with van der Waals surface area (Å²) in [5.74, 6) is 0.626. The Balaban J connectivity index is 2.58. The zero-order valence-corrected chi connectivity index (χ0v) is 12.5. The van der Waals surface area contributed by atoms with Gasteiger partial charge in [-0.05, 0) is 49.4 Å². The van der Waals surface area contributed by atoms with E-state index < -0.39 is 0 Å². The van der Waals surface area contributed by atoms with E-state index >= 15 is 0 Å². The number of anilines is 1. The summed E-state index contributed by atoms with van der Waals surface area (Å²) in [5, 5.41) is 3.52. The predicted molar refractivity (Wildman–Crippen MR) is 82.7 cm³/mol. The van der Waals surface area contributed by atoms with E-state index in [1.165, 1.54) is 12.0 Å². The van der Waals surface area contributed by atoms with E-state index in [2.05, 4.69) is 43.4 Å². The third kappa shape index (κ3) is 5.62. The van der Waals surface area contributed by atoms with Gasteiger partial charge in [-0.2, -0.15) is 0 Å². The Kier molecular flexibility index (Phi) is 7.53. The molecule has 0 aliphatic carbocycles. The smallest absolute Gasteiger partial charge is 0.0664 e. The molecule has 108 valence electrons. The molecule has 3 nitrogen and oxygen atoms in total. The van der Waals surface area contributed by atoms with Crippen LogP contribution in [0.2, 0.25) is 0 Å². The fraction of sp³-hybridized carbons (Fsp3) is 0.625. The first kappa shape index (κ1) is 16.0. The molecule has 19 heavy (non-hydrogen) atoms. The van der Waals surface area contributed by atoms with E-state index in [-0.39, 0.29) is 0 Å². The summed E-state index contributed by atoms with van der Waals surface area (Å²) in [6.07, 6.45) is 3.24. The summed E-state index contributed by atoms with van der Waals surface area (Å²) < 4.78 is 5.25. The topological polar surface area (TPSA) is 47.3 Å². The highest BCUT2D eigenvalue weighted by Gasteiger charge is 2.08. The van der Waals surface area contributed by atoms with Crippen molar-refractivity contribution < 1.29 is 4.74 Å². The number of methoxy groups -OCH3 is 1. The first-order chi connectivity index (χ1) is 9.21. The van der Waals surface area contributed by atoms with Gasteiger partial charge in [0.25, 0.3) is 0 Å². The van der Waals surface area contributed by atoms with E-state index in [1.54, 1.807) is 7.11 Å². The number of ether oxygens (including phenoxy) is 1. The number of rotatable bonds is 9. The molecule has 1 aromatic carbocycles. The van der Waals surface area contributed by atoms with Crippen molar-refractivity contribution >= 4 is 5.69 Å². The molecule has 0 heterocycles. The lowest BCUT2D eigenvalue weighted by molar-refractivity contribution is 0.182. The van der Waals surface area contributed by atoms with Crippen molar-refractivity contribution in [2.45, 2.75) is 45.1 Å². The number of hydrogen-bond donors (Lipinski definition) is 2. The second kappa shape index (κ2) is 8.94. The predicted octanol–water partition coefficient (Wildman–Crippen LogP) is 3.37. The van der Waals surface area contributed by atoms with Crippen LogP contribution in [0, 0.1) is 0 Å². The largest absolute Gasteiger partial charge is 0.383 e. The number of nitrogens with one attached hydrogen (secondary N) is 1. The molecule has 0 radical (unpaired) electrons. The van der Waals surface area contributed by atoms with Crippen molar-refractivity contribution in [2.24, 2.45) is 5.73 Å². The second-order valence-electron chi connectivity index (χ2n) is 5.16. The third-order valence-electron chi connectivity index (χ3n) is 3.59. The quantitative estimate of drug-likeness (QED) is 0.719. The standard InChI is InChI=1S/C16H28N2O/c1-4-13(2)14-7-9-15(10-8-14)18-16(12-19-3)6-5-11-17/h7-10,13,16,18H,4-6,11-12,17H2,1-3H3. The molecule has 0 fully saturated rings. The number of benzene rings is 1. The second-order valence-corrected chi connectivity index (χ2v) is 5.16. The van der Waals surface area contributed by atoms with Gasteiger partial charge in [0.15, 0.2) is 0 Å². The maximum absolute atomic E-state index is 5.57. The van der Waals surface area contributed by atoms with E-state index in [0.29, 0.717) is 18.6 Å². The summed E-state index contributed by atoms with van der Waals surface area (Å²) in [6.45, 7) is 5.93. The molecule has 0 aliphatic rings. The van der Waals surface area contributed by atoms with E-state index in [4.69, 9.17) is 10.5 Å². The van der Waals surface area contributed by atoms with Gasteiger partial charge in [0.2, 0.25) is 0 Å². The van der Waals surface area contributed by atoms with Gasteiger partial charge in [0.1, 0.15) is 0 Å². The minimum absolute atomic E-state index is 0.336. The number of nitrogens with two attached hydrogens (primary N) is 1. The molecular formula is C16H28N2O. The van der Waals surface area contributed by atoms with E-state index in [0.717, 1.165) is 25.1 Å². The van der Waals surface area contributed by atoms with Crippen LogP contribution < -0.4 is 11.1 Å². The van der Waals surface area contributed by atoms with Gasteiger partial charge in [-0.25, -0.2) is 0 Å². The van der Waals surface area contributed by atoms with Crippen LogP contribution in [0.25, 0.3) is 0 Å². The van der Waals surface area contributed by atoms with Gasteiger partial charge in [0, 0.05) is 18.8 Å². The van der Waals surface area contributed by atoms with Gasteiger partial charge in [0.05, 0.1) is 6.61 Å². The molecule has 0 amide bonds. The first-order valence-corrected chi connectivity index (χ1v) is 7.26. The Hall–Kier alpha value is -1.06. The van der Waals surface area contributed by atoms with Crippen molar-refractivity contribution in [3.8, 4) is 0 Å². The van der Waals surface area contributed by atoms with Crippen LogP contribution in [-0.4, -0.2) is 26.3 Å². The van der Waals surface area contributed by atoms with Gasteiger partial charge in [-0.1, -0.05) is 26.0 Å². The van der Waals surface area contributed by atoms with E-state index in [9.17, 15) is 0 Å². The molecular weight excluding hydrogens is 236 g/mol. The molecule has 1 rings (SSSR count). The molecule has 0 aromatic heterocycles. The molecule has 3 N–H and O–H groups in total. The highest BCUT2D eigenvalue weighted by molar-refractivity contribution is 5.46. The molecule has 2 unspecified atom stereocenters. The molecule has 0 spiro atoms. The zero-order valence-electron chi connectivity index (χ0n) is 12.5. The van der Waals surface area contributed by atoms with E-state index in [1.807, 2.05) is 0 Å². The van der Waals surface area contributed by atoms with Gasteiger partial charge >= 0.3 is 0 Å². The van der Waals surface area contributed by atoms with Crippen LogP contribution in [0.1, 0.15) is 44.6 Å². The van der Waals surface area contributed by atoms with Gasteiger partial charge in [-0.3, -0.25) is 0 Å². The summed E-state index contributed by atoms with van der Waals surface area (Å²) in [5.41, 5.74) is 8.13. The zero-order chi connectivity index (χ0) is 14.1. The van der Waals surface area contributed by atoms with Crippen molar-refractivity contribution in [3.63, 3.8) is 0 Å². The Morgan fingerprint density at radius 3 is 2.47 bits per heavy atom. The average molecular weight is 264 g/mol. The molecule has 0 saturated carbocycles. The minimum Gasteiger partial charge on any atom is -0.383 e. The first-order valence-electron chi connectivity index (χ1n) is 7.26. The van der Waals surface area contributed by atoms with Crippen molar-refractivity contribution in [1.82, 2.24) is 0 Å². The summed E-state index contributed by atoms with van der Waals surface area (Å²) in [7, 11) is 1.74. The lowest BCUT2D eigenvalue weighted by Crippen LogP contribution is -2.25. The molecule has 0 aliphatic heterocycles. The molecule has 2 atom stereocenters. The third-order valence-corrected chi connectivity index (χ3v) is 3.59. The maximum Gasteiger partial charge on any atom is 0.0664 e. The van der Waals surface area contributed by atoms with Crippen molar-refractivity contribution in [1.29, 1.82) is 0 Å². The normalized spacial score (nSPS) is 14.1. The van der Waals surface area contributed by atoms with Crippen LogP contribution in [0.15, 0.2) is 24.3 Å². The van der Waals surface area contributed by atoms with Crippen LogP contribution >= 0.6 is 0 Å². The van der Waals surface area contributed by atoms with Crippen LogP contribution in [0.5, 0.6) is 0 Å². The minimum atomic E-state index is 0.336. The Morgan fingerprint density at radius 1 is 1.26 bits per heavy atom. The molecule has 0 bridgehead atoms. The lowest BCUT2D eigenvalue weighted by Gasteiger charge is -2.19. The fourth-order valence-corrected chi connectivity index (χ4v) is 2.14. The monoisotopic (exact) mass is 264 g/mol. The highest BCUT2D eigenvalue weighted by Crippen LogP contribution is 2.21.